The van der Waals surface area contributed by atoms with E-state index in [2.05, 4.69) is 102 Å². The van der Waals surface area contributed by atoms with Gasteiger partial charge in [-0.3, -0.25) is 0 Å². The monoisotopic (exact) mass is 876 g/mol. The van der Waals surface area contributed by atoms with Crippen LogP contribution in [-0.4, -0.2) is 23.2 Å². The number of thiophene rings is 1. The van der Waals surface area contributed by atoms with E-state index in [1.165, 1.54) is 43.7 Å². The molecule has 6 heteroatoms. The van der Waals surface area contributed by atoms with Crippen LogP contribution in [0.25, 0.3) is 53.8 Å². The zero-order chi connectivity index (χ0) is 33.3. The van der Waals surface area contributed by atoms with Crippen LogP contribution < -0.4 is 4.40 Å². The van der Waals surface area contributed by atoms with Crippen molar-refractivity contribution < 1.29 is 25.9 Å². The molecule has 0 amide bonds. The standard InChI is InChI=1S/C27H21FNS.C14H16GeN.Ir/c1-16-14-23-21-10-7-11-22(24-15-20(18(3)28)12-13-29-24)27(21)30-26(23)17(2)25(16)19-8-5-4-6-9-19;1-15(2,3)13-9-10-14(16-11-13)12-7-5-4-6-8-12;/h4-10,12-15,18H,1-3H3;4-7,9-11H,1-3H3;/q2*-1;/i18D;;. The fourth-order valence-corrected chi connectivity index (χ4v) is 9.24. The Hall–Kier alpha value is -3.48. The van der Waals surface area contributed by atoms with Crippen LogP contribution in [0.15, 0.2) is 109 Å². The molecular weight excluding hydrogens is 836 g/mol. The predicted octanol–water partition coefficient (Wildman–Crippen LogP) is 11.3. The van der Waals surface area contributed by atoms with Crippen LogP contribution >= 0.6 is 11.3 Å². The van der Waals surface area contributed by atoms with Gasteiger partial charge in [-0.15, -0.1) is 23.8 Å². The van der Waals surface area contributed by atoms with Crippen LogP contribution in [0.5, 0.6) is 0 Å². The maximum atomic E-state index is 14.2. The molecule has 1 atom stereocenters. The van der Waals surface area contributed by atoms with Crippen molar-refractivity contribution in [3.8, 4) is 33.6 Å². The van der Waals surface area contributed by atoms with Gasteiger partial charge in [0.05, 0.1) is 1.37 Å². The van der Waals surface area contributed by atoms with E-state index in [0.29, 0.717) is 11.3 Å². The summed E-state index contributed by atoms with van der Waals surface area (Å²) in [5.74, 6) is 7.14. The van der Waals surface area contributed by atoms with Crippen molar-refractivity contribution in [1.82, 2.24) is 9.97 Å². The van der Waals surface area contributed by atoms with Gasteiger partial charge in [-0.1, -0.05) is 47.9 Å². The number of hydrogen-bond donors (Lipinski definition) is 0. The first-order valence-corrected chi connectivity index (χ1v) is 23.6. The number of hydrogen-bond acceptors (Lipinski definition) is 3. The van der Waals surface area contributed by atoms with Crippen LogP contribution in [0.4, 0.5) is 4.39 Å². The van der Waals surface area contributed by atoms with Gasteiger partial charge in [0.15, 0.2) is 0 Å². The van der Waals surface area contributed by atoms with Gasteiger partial charge in [0.1, 0.15) is 6.15 Å². The first-order valence-electron chi connectivity index (χ1n) is 15.9. The molecule has 2 nitrogen and oxygen atoms in total. The third-order valence-electron chi connectivity index (χ3n) is 8.25. The SMILES string of the molecule is [2H]C(C)(F)c1ccnc(-c2[c-]ccc3c2sc2c(C)c(-c4ccccc4)c(C)cc23)c1.[CH3][Ge]([CH3])([CH3])[c]1ccc(-c2[c-]cccc2)nc1.[Ir]. The van der Waals surface area contributed by atoms with Crippen molar-refractivity contribution in [1.29, 1.82) is 0 Å². The van der Waals surface area contributed by atoms with Crippen molar-refractivity contribution in [3.63, 3.8) is 0 Å². The summed E-state index contributed by atoms with van der Waals surface area (Å²) in [5, 5.41) is 2.37. The third kappa shape index (κ3) is 7.49. The van der Waals surface area contributed by atoms with Gasteiger partial charge in [0.25, 0.3) is 0 Å². The molecule has 4 aromatic carbocycles. The van der Waals surface area contributed by atoms with Crippen LogP contribution in [-0.2, 0) is 20.1 Å². The number of aromatic nitrogens is 2. The molecule has 1 unspecified atom stereocenters. The summed E-state index contributed by atoms with van der Waals surface area (Å²) in [6.45, 7) is 5.59. The van der Waals surface area contributed by atoms with Crippen molar-refractivity contribution in [2.75, 3.05) is 0 Å². The summed E-state index contributed by atoms with van der Waals surface area (Å²) >= 11 is 0.0129. The molecular formula is C41H37FGeIrN2S-2. The Morgan fingerprint density at radius 1 is 0.809 bits per heavy atom. The molecule has 0 aliphatic rings. The largest absolute Gasteiger partial charge is 0 e. The quantitative estimate of drug-likeness (QED) is 0.127. The minimum Gasteiger partial charge on any atom is 0 e. The van der Waals surface area contributed by atoms with E-state index in [1.807, 2.05) is 42.6 Å². The number of fused-ring (bicyclic) bond motifs is 3. The maximum absolute atomic E-state index is 14.2. The number of nitrogens with zero attached hydrogens (tertiary/aromatic N) is 2. The molecule has 3 heterocycles. The number of halogens is 1. The van der Waals surface area contributed by atoms with Crippen molar-refractivity contribution in [2.45, 2.75) is 44.2 Å². The summed E-state index contributed by atoms with van der Waals surface area (Å²) in [6, 6.07) is 38.8. The molecule has 0 saturated heterocycles. The second-order valence-corrected chi connectivity index (χ2v) is 24.2. The van der Waals surface area contributed by atoms with Crippen molar-refractivity contribution in [2.24, 2.45) is 0 Å². The Morgan fingerprint density at radius 3 is 2.23 bits per heavy atom. The number of benzene rings is 4. The van der Waals surface area contributed by atoms with E-state index in [1.54, 1.807) is 29.7 Å². The molecule has 7 rings (SSSR count). The molecule has 0 aliphatic carbocycles. The summed E-state index contributed by atoms with van der Waals surface area (Å²) < 4.78 is 25.7. The van der Waals surface area contributed by atoms with E-state index in [9.17, 15) is 4.39 Å². The Labute approximate surface area is 299 Å². The summed E-state index contributed by atoms with van der Waals surface area (Å²) in [5.41, 5.74) is 8.86. The summed E-state index contributed by atoms with van der Waals surface area (Å²) in [7, 11) is 0. The molecule has 239 valence electrons. The van der Waals surface area contributed by atoms with E-state index >= 15 is 0 Å². The van der Waals surface area contributed by atoms with Gasteiger partial charge < -0.3 is 4.98 Å². The van der Waals surface area contributed by atoms with Crippen LogP contribution in [0.1, 0.15) is 31.1 Å². The Kier molecular flexibility index (Phi) is 10.5. The van der Waals surface area contributed by atoms with Crippen LogP contribution in [0, 0.1) is 26.0 Å². The maximum Gasteiger partial charge on any atom is 0 e. The second-order valence-electron chi connectivity index (χ2n) is 12.6. The molecule has 7 aromatic rings. The molecule has 0 spiro atoms. The third-order valence-corrected chi connectivity index (χ3v) is 13.9. The van der Waals surface area contributed by atoms with Gasteiger partial charge in [-0.2, -0.15) is 11.3 Å². The van der Waals surface area contributed by atoms with E-state index < -0.39 is 19.4 Å². The first kappa shape index (κ1) is 33.4. The molecule has 47 heavy (non-hydrogen) atoms. The smallest absolute Gasteiger partial charge is 0 e. The first-order chi connectivity index (χ1) is 22.4. The predicted molar refractivity (Wildman–Crippen MR) is 197 cm³/mol. The molecule has 0 saturated carbocycles. The molecule has 1 radical (unpaired) electrons. The fourth-order valence-electron chi connectivity index (χ4n) is 5.77. The fraction of sp³-hybridized carbons (Fsp3) is 0.171. The molecule has 0 N–H and O–H groups in total. The Balaban J connectivity index is 0.000000224. The molecule has 0 bridgehead atoms. The molecule has 0 fully saturated rings. The summed E-state index contributed by atoms with van der Waals surface area (Å²) in [4.78, 5) is 9.01. The van der Waals surface area contributed by atoms with Crippen LogP contribution in [0.2, 0.25) is 17.3 Å². The number of aryl methyl sites for hydroxylation is 2. The van der Waals surface area contributed by atoms with Gasteiger partial charge in [-0.05, 0) is 70.4 Å². The molecule has 3 aromatic heterocycles. The Morgan fingerprint density at radius 2 is 1.57 bits per heavy atom. The zero-order valence-corrected chi connectivity index (χ0v) is 32.7. The number of alkyl halides is 1. The van der Waals surface area contributed by atoms with Gasteiger partial charge >= 0.3 is 99.8 Å². The average molecular weight is 875 g/mol. The number of pyridine rings is 2. The van der Waals surface area contributed by atoms with E-state index in [4.69, 9.17) is 1.37 Å². The minimum atomic E-state index is -2.16. The van der Waals surface area contributed by atoms with Crippen molar-refractivity contribution in [3.05, 3.63) is 138 Å². The van der Waals surface area contributed by atoms with Crippen LogP contribution in [0.3, 0.4) is 0 Å². The Bertz CT molecular complexity index is 2170. The summed E-state index contributed by atoms with van der Waals surface area (Å²) in [6.07, 6.45) is 1.44. The second kappa shape index (κ2) is 14.7. The zero-order valence-electron chi connectivity index (χ0n) is 28.4. The number of rotatable bonds is 5. The van der Waals surface area contributed by atoms with Gasteiger partial charge in [0.2, 0.25) is 0 Å². The minimum absolute atomic E-state index is 0. The topological polar surface area (TPSA) is 25.8 Å². The van der Waals surface area contributed by atoms with Gasteiger partial charge in [-0.25, -0.2) is 4.39 Å². The van der Waals surface area contributed by atoms with Crippen molar-refractivity contribution >= 4 is 49.2 Å². The van der Waals surface area contributed by atoms with Gasteiger partial charge in [0, 0.05) is 31.0 Å². The normalized spacial score (nSPS) is 12.9. The average Bonchev–Trinajstić information content (AvgIpc) is 3.44. The van der Waals surface area contributed by atoms with E-state index in [0.717, 1.165) is 26.9 Å². The molecule has 0 aliphatic heterocycles. The van der Waals surface area contributed by atoms with E-state index in [-0.39, 0.29) is 20.1 Å².